The molecule has 1 N–H and O–H groups in total. The summed E-state index contributed by atoms with van der Waals surface area (Å²) >= 11 is 0. The van der Waals surface area contributed by atoms with Gasteiger partial charge in [0.05, 0.1) is 12.1 Å². The largest absolute Gasteiger partial charge is 0.396 e. The highest BCUT2D eigenvalue weighted by molar-refractivity contribution is 5.83. The number of hydrogen-bond acceptors (Lipinski definition) is 4. The first kappa shape index (κ1) is 21.2. The van der Waals surface area contributed by atoms with Crippen molar-refractivity contribution in [1.82, 2.24) is 14.4 Å². The van der Waals surface area contributed by atoms with Crippen LogP contribution in [0.1, 0.15) is 42.1 Å². The number of benzene rings is 1. The SMILES string of the molecule is CN1[C@H](C(=O)N2CCCCC2)[C@@H](CO)[C@@H]2Cn3c(ccc(/C=C/c4ccccc4)c3=O)[C@@H]21. The van der Waals surface area contributed by atoms with Crippen LogP contribution in [0.5, 0.6) is 0 Å². The maximum atomic E-state index is 13.4. The Morgan fingerprint density at radius 1 is 1.06 bits per heavy atom. The molecule has 0 unspecified atom stereocenters. The summed E-state index contributed by atoms with van der Waals surface area (Å²) in [5, 5.41) is 10.3. The van der Waals surface area contributed by atoms with Gasteiger partial charge in [0.25, 0.3) is 5.56 Å². The molecule has 0 radical (unpaired) electrons. The van der Waals surface area contributed by atoms with Crippen molar-refractivity contribution in [2.45, 2.75) is 37.9 Å². The number of amides is 1. The molecule has 168 valence electrons. The number of rotatable bonds is 4. The highest BCUT2D eigenvalue weighted by Gasteiger charge is 2.54. The zero-order valence-electron chi connectivity index (χ0n) is 18.6. The fourth-order valence-electron chi connectivity index (χ4n) is 5.95. The standard InChI is InChI=1S/C26H31N3O3/c1-27-23-20(21(17-30)24(27)26(32)28-14-6-3-7-15-28)16-29-22(23)13-12-19(25(29)31)11-10-18-8-4-2-5-9-18/h2,4-5,8-13,20-21,23-24,30H,3,6-7,14-17H2,1H3/b11-10+/t20-,21-,23+,24-/m0/s1. The summed E-state index contributed by atoms with van der Waals surface area (Å²) in [6.07, 6.45) is 7.10. The van der Waals surface area contributed by atoms with Crippen LogP contribution in [0.4, 0.5) is 0 Å². The maximum absolute atomic E-state index is 13.4. The van der Waals surface area contributed by atoms with Gasteiger partial charge in [-0.15, -0.1) is 0 Å². The van der Waals surface area contributed by atoms with Gasteiger partial charge >= 0.3 is 0 Å². The van der Waals surface area contributed by atoms with Crippen LogP contribution in [0, 0.1) is 11.8 Å². The van der Waals surface area contributed by atoms with E-state index >= 15 is 0 Å². The number of fused-ring (bicyclic) bond motifs is 3. The Labute approximate surface area is 188 Å². The smallest absolute Gasteiger partial charge is 0.258 e. The van der Waals surface area contributed by atoms with Crippen molar-refractivity contribution < 1.29 is 9.90 Å². The Morgan fingerprint density at radius 2 is 1.81 bits per heavy atom. The van der Waals surface area contributed by atoms with E-state index in [9.17, 15) is 14.7 Å². The van der Waals surface area contributed by atoms with E-state index < -0.39 is 0 Å². The Balaban J connectivity index is 1.43. The lowest BCUT2D eigenvalue weighted by atomic mass is 9.88. The van der Waals surface area contributed by atoms with Gasteiger partial charge in [0, 0.05) is 49.3 Å². The Kier molecular flexibility index (Phi) is 5.74. The minimum atomic E-state index is -0.324. The van der Waals surface area contributed by atoms with Gasteiger partial charge in [0.1, 0.15) is 0 Å². The molecule has 1 aromatic carbocycles. The molecule has 2 fully saturated rings. The van der Waals surface area contributed by atoms with Crippen LogP contribution in [0.25, 0.3) is 12.2 Å². The second kappa shape index (κ2) is 8.68. The first-order valence-electron chi connectivity index (χ1n) is 11.7. The van der Waals surface area contributed by atoms with Crippen LogP contribution in [0.2, 0.25) is 0 Å². The van der Waals surface area contributed by atoms with Crippen molar-refractivity contribution in [3.8, 4) is 0 Å². The molecule has 0 bridgehead atoms. The number of aromatic nitrogens is 1. The fourth-order valence-corrected chi connectivity index (χ4v) is 5.95. The van der Waals surface area contributed by atoms with E-state index in [0.717, 1.165) is 37.2 Å². The number of aliphatic hydroxyl groups excluding tert-OH is 1. The third kappa shape index (κ3) is 3.51. The molecule has 6 heteroatoms. The first-order chi connectivity index (χ1) is 15.6. The van der Waals surface area contributed by atoms with Crippen LogP contribution < -0.4 is 5.56 Å². The summed E-state index contributed by atoms with van der Waals surface area (Å²) in [7, 11) is 1.98. The number of carbonyl (C=O) groups excluding carboxylic acids is 1. The maximum Gasteiger partial charge on any atom is 0.258 e. The quantitative estimate of drug-likeness (QED) is 0.805. The van der Waals surface area contributed by atoms with E-state index in [-0.39, 0.29) is 42.0 Å². The number of pyridine rings is 1. The predicted molar refractivity (Wildman–Crippen MR) is 125 cm³/mol. The van der Waals surface area contributed by atoms with Gasteiger partial charge in [-0.25, -0.2) is 0 Å². The minimum absolute atomic E-state index is 0.00641. The summed E-state index contributed by atoms with van der Waals surface area (Å²) in [5.74, 6) is 0.0313. The number of nitrogens with zero attached hydrogens (tertiary/aromatic N) is 3. The van der Waals surface area contributed by atoms with Gasteiger partial charge in [-0.05, 0) is 50.1 Å². The number of likely N-dealkylation sites (tertiary alicyclic amines) is 2. The molecule has 4 atom stereocenters. The highest BCUT2D eigenvalue weighted by atomic mass is 16.3. The first-order valence-corrected chi connectivity index (χ1v) is 11.7. The number of likely N-dealkylation sites (N-methyl/N-ethyl adjacent to an activating group) is 1. The molecule has 0 spiro atoms. The topological polar surface area (TPSA) is 65.8 Å². The van der Waals surface area contributed by atoms with Crippen molar-refractivity contribution in [1.29, 1.82) is 0 Å². The second-order valence-electron chi connectivity index (χ2n) is 9.32. The number of aliphatic hydroxyl groups is 1. The van der Waals surface area contributed by atoms with Gasteiger partial charge in [0.2, 0.25) is 5.91 Å². The lowest BCUT2D eigenvalue weighted by Gasteiger charge is -2.34. The molecule has 3 aliphatic heterocycles. The summed E-state index contributed by atoms with van der Waals surface area (Å²) in [6, 6.07) is 13.5. The zero-order chi connectivity index (χ0) is 22.2. The molecule has 3 aliphatic rings. The molecule has 1 amide bonds. The van der Waals surface area contributed by atoms with Crippen LogP contribution in [0.15, 0.2) is 47.3 Å². The van der Waals surface area contributed by atoms with E-state index in [4.69, 9.17) is 0 Å². The molecule has 6 nitrogen and oxygen atoms in total. The fraction of sp³-hybridized carbons (Fsp3) is 0.462. The van der Waals surface area contributed by atoms with Crippen LogP contribution in [-0.4, -0.2) is 58.2 Å². The average Bonchev–Trinajstić information content (AvgIpc) is 3.34. The van der Waals surface area contributed by atoms with E-state index in [1.165, 1.54) is 6.42 Å². The molecule has 32 heavy (non-hydrogen) atoms. The Bertz CT molecular complexity index is 1070. The van der Waals surface area contributed by atoms with Crippen molar-refractivity contribution >= 4 is 18.1 Å². The number of hydrogen-bond donors (Lipinski definition) is 1. The minimum Gasteiger partial charge on any atom is -0.396 e. The summed E-state index contributed by atoms with van der Waals surface area (Å²) in [6.45, 7) is 2.12. The molecule has 5 rings (SSSR count). The van der Waals surface area contributed by atoms with E-state index in [2.05, 4.69) is 4.90 Å². The normalized spacial score (nSPS) is 27.6. The van der Waals surface area contributed by atoms with Crippen molar-refractivity contribution in [3.05, 3.63) is 69.6 Å². The third-order valence-corrected chi connectivity index (χ3v) is 7.56. The lowest BCUT2D eigenvalue weighted by Crippen LogP contribution is -2.50. The zero-order valence-corrected chi connectivity index (χ0v) is 18.6. The number of carbonyl (C=O) groups is 1. The van der Waals surface area contributed by atoms with Gasteiger partial charge in [-0.1, -0.05) is 36.4 Å². The monoisotopic (exact) mass is 433 g/mol. The molecule has 2 saturated heterocycles. The average molecular weight is 434 g/mol. The molecule has 1 aromatic heterocycles. The van der Waals surface area contributed by atoms with Crippen LogP contribution in [0.3, 0.4) is 0 Å². The van der Waals surface area contributed by atoms with E-state index in [1.807, 2.05) is 71.1 Å². The predicted octanol–water partition coefficient (Wildman–Crippen LogP) is 2.62. The Hall–Kier alpha value is -2.70. The summed E-state index contributed by atoms with van der Waals surface area (Å²) in [4.78, 5) is 30.7. The van der Waals surface area contributed by atoms with Gasteiger partial charge in [0.15, 0.2) is 0 Å². The van der Waals surface area contributed by atoms with Crippen molar-refractivity contribution in [3.63, 3.8) is 0 Å². The molecule has 2 aromatic rings. The highest BCUT2D eigenvalue weighted by Crippen LogP contribution is 2.48. The summed E-state index contributed by atoms with van der Waals surface area (Å²) in [5.41, 5.74) is 2.65. The molecule has 4 heterocycles. The lowest BCUT2D eigenvalue weighted by molar-refractivity contribution is -0.138. The van der Waals surface area contributed by atoms with E-state index in [1.54, 1.807) is 0 Å². The Morgan fingerprint density at radius 3 is 2.53 bits per heavy atom. The van der Waals surface area contributed by atoms with Gasteiger partial charge < -0.3 is 14.6 Å². The van der Waals surface area contributed by atoms with Gasteiger partial charge in [-0.3, -0.25) is 14.5 Å². The van der Waals surface area contributed by atoms with Crippen LogP contribution in [-0.2, 0) is 11.3 Å². The molecule has 0 saturated carbocycles. The van der Waals surface area contributed by atoms with Crippen LogP contribution >= 0.6 is 0 Å². The van der Waals surface area contributed by atoms with Gasteiger partial charge in [-0.2, -0.15) is 0 Å². The number of piperidine rings is 1. The van der Waals surface area contributed by atoms with Crippen molar-refractivity contribution in [2.24, 2.45) is 11.8 Å². The molecule has 0 aliphatic carbocycles. The van der Waals surface area contributed by atoms with E-state index in [0.29, 0.717) is 12.1 Å². The second-order valence-corrected chi connectivity index (χ2v) is 9.32. The third-order valence-electron chi connectivity index (χ3n) is 7.56. The molecular weight excluding hydrogens is 402 g/mol. The molecular formula is C26H31N3O3. The summed E-state index contributed by atoms with van der Waals surface area (Å²) < 4.78 is 1.85. The van der Waals surface area contributed by atoms with Crippen molar-refractivity contribution in [2.75, 3.05) is 26.7 Å².